The lowest BCUT2D eigenvalue weighted by molar-refractivity contribution is 0.814. The van der Waals surface area contributed by atoms with Gasteiger partial charge in [0.1, 0.15) is 0 Å². The van der Waals surface area contributed by atoms with Crippen molar-refractivity contribution in [2.75, 3.05) is 4.43 Å². The van der Waals surface area contributed by atoms with Crippen molar-refractivity contribution in [2.24, 2.45) is 0 Å². The molecule has 2 aromatic carbocycles. The summed E-state index contributed by atoms with van der Waals surface area (Å²) in [6.07, 6.45) is 0. The van der Waals surface area contributed by atoms with Crippen LogP contribution in [0.15, 0.2) is 42.5 Å². The summed E-state index contributed by atoms with van der Waals surface area (Å²) in [7, 11) is 0. The molecule has 0 aliphatic carbocycles. The Balaban J connectivity index is 2.77. The summed E-state index contributed by atoms with van der Waals surface area (Å²) in [6, 6.07) is 15.8. The van der Waals surface area contributed by atoms with Gasteiger partial charge in [0.25, 0.3) is 0 Å². The van der Waals surface area contributed by atoms with Crippen molar-refractivity contribution in [2.45, 2.75) is 52.4 Å². The van der Waals surface area contributed by atoms with Gasteiger partial charge in [0.05, 0.1) is 0 Å². The number of hydrogen-bond acceptors (Lipinski definition) is 0. The number of hydrogen-bond donors (Lipinski definition) is 0. The molecule has 0 saturated carbocycles. The van der Waals surface area contributed by atoms with Crippen LogP contribution in [-0.4, -0.2) is 4.43 Å². The summed E-state index contributed by atoms with van der Waals surface area (Å²) >= 11 is 2.51. The zero-order valence-electron chi connectivity index (χ0n) is 14.4. The van der Waals surface area contributed by atoms with Gasteiger partial charge in [-0.3, -0.25) is 0 Å². The minimum Gasteiger partial charge on any atom is -0.0857 e. The predicted molar refractivity (Wildman–Crippen MR) is 107 cm³/mol. The fraction of sp³-hybridized carbons (Fsp3) is 0.429. The van der Waals surface area contributed by atoms with Crippen molar-refractivity contribution in [1.82, 2.24) is 0 Å². The second-order valence-corrected chi connectivity index (χ2v) is 7.69. The Hall–Kier alpha value is -0.830. The molecule has 1 atom stereocenters. The van der Waals surface area contributed by atoms with Crippen LogP contribution in [0.4, 0.5) is 0 Å². The lowest BCUT2D eigenvalue weighted by Crippen LogP contribution is -2.05. The van der Waals surface area contributed by atoms with E-state index < -0.39 is 0 Å². The van der Waals surface area contributed by atoms with Crippen molar-refractivity contribution in [1.29, 1.82) is 0 Å². The lowest BCUT2D eigenvalue weighted by Gasteiger charge is -2.24. The Bertz CT molecular complexity index is 611. The molecule has 0 saturated heterocycles. The molecule has 1 heteroatoms. The molecule has 0 bridgehead atoms. The minimum atomic E-state index is 0.536. The van der Waals surface area contributed by atoms with E-state index in [2.05, 4.69) is 99.7 Å². The Morgan fingerprint density at radius 2 is 1.41 bits per heavy atom. The van der Waals surface area contributed by atoms with Gasteiger partial charge in [-0.1, -0.05) is 99.7 Å². The molecular formula is C21H27I. The number of rotatable bonds is 5. The van der Waals surface area contributed by atoms with E-state index in [9.17, 15) is 0 Å². The fourth-order valence-corrected chi connectivity index (χ4v) is 3.38. The molecule has 0 heterocycles. The molecule has 0 amide bonds. The zero-order chi connectivity index (χ0) is 16.3. The first-order valence-electron chi connectivity index (χ1n) is 8.24. The van der Waals surface area contributed by atoms with Crippen molar-refractivity contribution >= 4 is 22.6 Å². The molecule has 118 valence electrons. The molecule has 0 spiro atoms. The first kappa shape index (κ1) is 17.5. The molecule has 0 radical (unpaired) electrons. The van der Waals surface area contributed by atoms with E-state index in [4.69, 9.17) is 0 Å². The number of halogens is 1. The van der Waals surface area contributed by atoms with Crippen LogP contribution in [0, 0.1) is 0 Å². The first-order valence-corrected chi connectivity index (χ1v) is 9.77. The summed E-state index contributed by atoms with van der Waals surface area (Å²) in [4.78, 5) is 0. The zero-order valence-corrected chi connectivity index (χ0v) is 16.5. The predicted octanol–water partition coefficient (Wildman–Crippen LogP) is 7.14. The SMILES string of the molecule is CC(C)c1cc(C(C)C)c(-c2ccccc2)c(C(C)CI)c1. The fourth-order valence-electron chi connectivity index (χ4n) is 2.91. The van der Waals surface area contributed by atoms with Gasteiger partial charge in [0.15, 0.2) is 0 Å². The van der Waals surface area contributed by atoms with Crippen LogP contribution in [0.5, 0.6) is 0 Å². The largest absolute Gasteiger partial charge is 0.0857 e. The molecule has 2 rings (SSSR count). The first-order chi connectivity index (χ1) is 10.5. The highest BCUT2D eigenvalue weighted by Gasteiger charge is 2.19. The molecule has 1 unspecified atom stereocenters. The van der Waals surface area contributed by atoms with Crippen LogP contribution in [0.25, 0.3) is 11.1 Å². The maximum atomic E-state index is 2.51. The molecule has 0 fully saturated rings. The molecular weight excluding hydrogens is 379 g/mol. The van der Waals surface area contributed by atoms with Gasteiger partial charge in [-0.25, -0.2) is 0 Å². The third kappa shape index (κ3) is 3.73. The van der Waals surface area contributed by atoms with Crippen molar-refractivity contribution in [3.05, 3.63) is 59.2 Å². The van der Waals surface area contributed by atoms with Crippen molar-refractivity contribution < 1.29 is 0 Å². The maximum Gasteiger partial charge on any atom is 0.00618 e. The van der Waals surface area contributed by atoms with E-state index in [0.29, 0.717) is 17.8 Å². The molecule has 0 aliphatic heterocycles. The number of alkyl halides is 1. The molecule has 22 heavy (non-hydrogen) atoms. The lowest BCUT2D eigenvalue weighted by atomic mass is 9.82. The normalized spacial score (nSPS) is 12.9. The standard InChI is InChI=1S/C21H27I/c1-14(2)18-11-19(15(3)4)21(17-9-7-6-8-10-17)20(12-18)16(5)13-22/h6-12,14-16H,13H2,1-5H3. The van der Waals surface area contributed by atoms with Crippen molar-refractivity contribution in [3.8, 4) is 11.1 Å². The number of benzene rings is 2. The van der Waals surface area contributed by atoms with Gasteiger partial charge in [-0.15, -0.1) is 0 Å². The summed E-state index contributed by atoms with van der Waals surface area (Å²) in [5.74, 6) is 1.68. The summed E-state index contributed by atoms with van der Waals surface area (Å²) < 4.78 is 1.15. The Kier molecular flexibility index (Phi) is 6.08. The average molecular weight is 406 g/mol. The van der Waals surface area contributed by atoms with E-state index in [1.54, 1.807) is 0 Å². The average Bonchev–Trinajstić information content (AvgIpc) is 2.53. The van der Waals surface area contributed by atoms with Crippen LogP contribution in [0.2, 0.25) is 0 Å². The third-order valence-corrected chi connectivity index (χ3v) is 5.66. The van der Waals surface area contributed by atoms with Gasteiger partial charge in [-0.05, 0) is 45.6 Å². The maximum absolute atomic E-state index is 2.51. The van der Waals surface area contributed by atoms with E-state index >= 15 is 0 Å². The van der Waals surface area contributed by atoms with Crippen LogP contribution in [-0.2, 0) is 0 Å². The summed E-state index contributed by atoms with van der Waals surface area (Å²) in [5, 5.41) is 0. The van der Waals surface area contributed by atoms with Crippen LogP contribution in [0.1, 0.15) is 69.1 Å². The molecule has 0 N–H and O–H groups in total. The van der Waals surface area contributed by atoms with E-state index in [-0.39, 0.29) is 0 Å². The minimum absolute atomic E-state index is 0.536. The van der Waals surface area contributed by atoms with Crippen molar-refractivity contribution in [3.63, 3.8) is 0 Å². The van der Waals surface area contributed by atoms with Gasteiger partial charge >= 0.3 is 0 Å². The smallest absolute Gasteiger partial charge is 0.00618 e. The topological polar surface area (TPSA) is 0 Å². The van der Waals surface area contributed by atoms with Gasteiger partial charge in [0.2, 0.25) is 0 Å². The van der Waals surface area contributed by atoms with Gasteiger partial charge < -0.3 is 0 Å². The van der Waals surface area contributed by atoms with E-state index in [1.807, 2.05) is 0 Å². The van der Waals surface area contributed by atoms with E-state index in [0.717, 1.165) is 4.43 Å². The van der Waals surface area contributed by atoms with E-state index in [1.165, 1.54) is 27.8 Å². The molecule has 2 aromatic rings. The highest BCUT2D eigenvalue weighted by Crippen LogP contribution is 2.39. The Morgan fingerprint density at radius 3 is 1.91 bits per heavy atom. The quantitative estimate of drug-likeness (QED) is 0.366. The molecule has 0 aliphatic rings. The molecule has 0 aromatic heterocycles. The summed E-state index contributed by atoms with van der Waals surface area (Å²) in [6.45, 7) is 11.6. The van der Waals surface area contributed by atoms with Crippen LogP contribution < -0.4 is 0 Å². The second-order valence-electron chi connectivity index (χ2n) is 6.81. The second kappa shape index (κ2) is 7.63. The van der Waals surface area contributed by atoms with Gasteiger partial charge in [-0.2, -0.15) is 0 Å². The summed E-state index contributed by atoms with van der Waals surface area (Å²) in [5.41, 5.74) is 7.28. The highest BCUT2D eigenvalue weighted by atomic mass is 127. The molecule has 0 nitrogen and oxygen atoms in total. The third-order valence-electron chi connectivity index (χ3n) is 4.34. The Morgan fingerprint density at radius 1 is 0.818 bits per heavy atom. The van der Waals surface area contributed by atoms with Crippen LogP contribution >= 0.6 is 22.6 Å². The monoisotopic (exact) mass is 406 g/mol. The highest BCUT2D eigenvalue weighted by molar-refractivity contribution is 14.1. The van der Waals surface area contributed by atoms with Crippen LogP contribution in [0.3, 0.4) is 0 Å². The Labute approximate surface area is 149 Å². The van der Waals surface area contributed by atoms with Gasteiger partial charge in [0, 0.05) is 4.43 Å².